The minimum Gasteiger partial charge on any atom is -0.398 e. The Morgan fingerprint density at radius 3 is 2.94 bits per heavy atom. The van der Waals surface area contributed by atoms with Crippen LogP contribution in [-0.2, 0) is 12.2 Å². The topological polar surface area (TPSA) is 64.9 Å². The lowest BCUT2D eigenvalue weighted by Gasteiger charge is -2.01. The number of aromatic nitrogens is 2. The molecule has 0 aliphatic heterocycles. The van der Waals surface area contributed by atoms with E-state index in [-0.39, 0.29) is 0 Å². The summed E-state index contributed by atoms with van der Waals surface area (Å²) in [5.74, 6) is 2.01. The molecule has 0 spiro atoms. The van der Waals surface area contributed by atoms with E-state index in [1.165, 1.54) is 0 Å². The molecule has 0 atom stereocenters. The maximum absolute atomic E-state index is 5.93. The maximum Gasteiger partial charge on any atom is 0.226 e. The summed E-state index contributed by atoms with van der Waals surface area (Å²) in [5.41, 5.74) is 6.22. The Balaban J connectivity index is 1.99. The molecule has 2 N–H and O–H groups in total. The molecule has 4 nitrogen and oxygen atoms in total. The predicted octanol–water partition coefficient (Wildman–Crippen LogP) is 3.16. The number of nitrogen functional groups attached to an aromatic ring is 1. The van der Waals surface area contributed by atoms with Gasteiger partial charge in [-0.3, -0.25) is 0 Å². The van der Waals surface area contributed by atoms with Crippen molar-refractivity contribution >= 4 is 29.1 Å². The fourth-order valence-electron chi connectivity index (χ4n) is 1.24. The van der Waals surface area contributed by atoms with E-state index >= 15 is 0 Å². The highest BCUT2D eigenvalue weighted by atomic mass is 35.5. The second kappa shape index (κ2) is 5.42. The summed E-state index contributed by atoms with van der Waals surface area (Å²) in [6.45, 7) is 1.98. The van der Waals surface area contributed by atoms with Crippen LogP contribution in [-0.4, -0.2) is 10.1 Å². The van der Waals surface area contributed by atoms with Gasteiger partial charge in [0.15, 0.2) is 5.82 Å². The SMILES string of the molecule is CCc1nc(CSc2ccc(N)c(Cl)c2)no1. The van der Waals surface area contributed by atoms with Gasteiger partial charge in [-0.25, -0.2) is 0 Å². The molecule has 0 amide bonds. The minimum absolute atomic E-state index is 0.567. The molecule has 0 saturated carbocycles. The molecule has 0 unspecified atom stereocenters. The third kappa shape index (κ3) is 3.14. The fraction of sp³-hybridized carbons (Fsp3) is 0.273. The fourth-order valence-corrected chi connectivity index (χ4v) is 2.26. The normalized spacial score (nSPS) is 10.7. The summed E-state index contributed by atoms with van der Waals surface area (Å²) < 4.78 is 5.02. The number of hydrogen-bond donors (Lipinski definition) is 1. The first kappa shape index (κ1) is 12.3. The third-order valence-corrected chi connectivity index (χ3v) is 3.47. The zero-order chi connectivity index (χ0) is 12.3. The molecule has 1 aromatic carbocycles. The van der Waals surface area contributed by atoms with E-state index in [0.29, 0.717) is 28.2 Å². The van der Waals surface area contributed by atoms with Crippen molar-refractivity contribution in [3.8, 4) is 0 Å². The molecule has 0 bridgehead atoms. The average molecular weight is 270 g/mol. The Morgan fingerprint density at radius 1 is 1.47 bits per heavy atom. The van der Waals surface area contributed by atoms with Crippen LogP contribution in [0.5, 0.6) is 0 Å². The number of nitrogens with two attached hydrogens (primary N) is 1. The van der Waals surface area contributed by atoms with Crippen LogP contribution in [0.2, 0.25) is 5.02 Å². The van der Waals surface area contributed by atoms with E-state index in [2.05, 4.69) is 10.1 Å². The van der Waals surface area contributed by atoms with Crippen LogP contribution >= 0.6 is 23.4 Å². The van der Waals surface area contributed by atoms with Crippen molar-refractivity contribution in [3.63, 3.8) is 0 Å². The number of rotatable bonds is 4. The zero-order valence-corrected chi connectivity index (χ0v) is 10.9. The highest BCUT2D eigenvalue weighted by molar-refractivity contribution is 7.98. The summed E-state index contributed by atoms with van der Waals surface area (Å²) in [7, 11) is 0. The third-order valence-electron chi connectivity index (χ3n) is 2.15. The number of anilines is 1. The van der Waals surface area contributed by atoms with Crippen LogP contribution in [0.3, 0.4) is 0 Å². The molecule has 1 heterocycles. The highest BCUT2D eigenvalue weighted by Gasteiger charge is 2.05. The van der Waals surface area contributed by atoms with E-state index in [0.717, 1.165) is 11.3 Å². The first-order valence-corrected chi connectivity index (χ1v) is 6.54. The van der Waals surface area contributed by atoms with Crippen molar-refractivity contribution in [2.75, 3.05) is 5.73 Å². The summed E-state index contributed by atoms with van der Waals surface area (Å²) in [5, 5.41) is 4.44. The first-order chi connectivity index (χ1) is 8.19. The second-order valence-electron chi connectivity index (χ2n) is 3.43. The average Bonchev–Trinajstić information content (AvgIpc) is 2.79. The van der Waals surface area contributed by atoms with E-state index in [1.54, 1.807) is 17.8 Å². The van der Waals surface area contributed by atoms with Crippen LogP contribution in [0.15, 0.2) is 27.6 Å². The molecule has 6 heteroatoms. The standard InChI is InChI=1S/C11H12ClN3OS/c1-2-11-14-10(15-16-11)6-17-7-3-4-9(13)8(12)5-7/h3-5H,2,6,13H2,1H3. The smallest absolute Gasteiger partial charge is 0.226 e. The molecule has 90 valence electrons. The lowest BCUT2D eigenvalue weighted by atomic mass is 10.3. The number of thioether (sulfide) groups is 1. The van der Waals surface area contributed by atoms with Crippen molar-refractivity contribution < 1.29 is 4.52 Å². The minimum atomic E-state index is 0.567. The molecule has 2 rings (SSSR count). The van der Waals surface area contributed by atoms with Gasteiger partial charge in [0, 0.05) is 11.3 Å². The summed E-state index contributed by atoms with van der Waals surface area (Å²) in [6.07, 6.45) is 0.755. The van der Waals surface area contributed by atoms with Gasteiger partial charge < -0.3 is 10.3 Å². The molecule has 1 aromatic heterocycles. The summed E-state index contributed by atoms with van der Waals surface area (Å²) in [4.78, 5) is 5.26. The Morgan fingerprint density at radius 2 is 2.29 bits per heavy atom. The Hall–Kier alpha value is -1.20. The van der Waals surface area contributed by atoms with Crippen LogP contribution < -0.4 is 5.73 Å². The van der Waals surface area contributed by atoms with Crippen molar-refractivity contribution in [1.29, 1.82) is 0 Å². The Labute approximate surface area is 109 Å². The summed E-state index contributed by atoms with van der Waals surface area (Å²) >= 11 is 7.53. The van der Waals surface area contributed by atoms with Crippen LogP contribution in [0.4, 0.5) is 5.69 Å². The van der Waals surface area contributed by atoms with Gasteiger partial charge in [-0.15, -0.1) is 11.8 Å². The van der Waals surface area contributed by atoms with Gasteiger partial charge in [0.25, 0.3) is 0 Å². The van der Waals surface area contributed by atoms with Gasteiger partial charge in [0.05, 0.1) is 16.5 Å². The number of benzene rings is 1. The van der Waals surface area contributed by atoms with E-state index in [4.69, 9.17) is 21.9 Å². The molecule has 2 aromatic rings. The number of aryl methyl sites for hydroxylation is 1. The second-order valence-corrected chi connectivity index (χ2v) is 4.89. The van der Waals surface area contributed by atoms with Crippen LogP contribution in [0.25, 0.3) is 0 Å². The highest BCUT2D eigenvalue weighted by Crippen LogP contribution is 2.27. The van der Waals surface area contributed by atoms with Crippen molar-refractivity contribution in [3.05, 3.63) is 34.9 Å². The number of hydrogen-bond acceptors (Lipinski definition) is 5. The van der Waals surface area contributed by atoms with E-state index in [9.17, 15) is 0 Å². The quantitative estimate of drug-likeness (QED) is 0.682. The Kier molecular flexibility index (Phi) is 3.91. The molecular weight excluding hydrogens is 258 g/mol. The molecule has 0 saturated heterocycles. The van der Waals surface area contributed by atoms with Gasteiger partial charge in [0.1, 0.15) is 0 Å². The molecule has 0 fully saturated rings. The predicted molar refractivity (Wildman–Crippen MR) is 69.1 cm³/mol. The van der Waals surface area contributed by atoms with Crippen molar-refractivity contribution in [2.24, 2.45) is 0 Å². The largest absolute Gasteiger partial charge is 0.398 e. The molecule has 17 heavy (non-hydrogen) atoms. The molecule has 0 aliphatic rings. The van der Waals surface area contributed by atoms with Gasteiger partial charge in [-0.1, -0.05) is 23.7 Å². The van der Waals surface area contributed by atoms with E-state index in [1.807, 2.05) is 19.1 Å². The van der Waals surface area contributed by atoms with Gasteiger partial charge in [-0.2, -0.15) is 4.98 Å². The van der Waals surface area contributed by atoms with Crippen molar-refractivity contribution in [2.45, 2.75) is 24.0 Å². The molecule has 0 aliphatic carbocycles. The first-order valence-electron chi connectivity index (χ1n) is 5.18. The van der Waals surface area contributed by atoms with Crippen LogP contribution in [0, 0.1) is 0 Å². The molecule has 0 radical (unpaired) electrons. The maximum atomic E-state index is 5.93. The van der Waals surface area contributed by atoms with Crippen molar-refractivity contribution in [1.82, 2.24) is 10.1 Å². The van der Waals surface area contributed by atoms with Gasteiger partial charge >= 0.3 is 0 Å². The number of halogens is 1. The van der Waals surface area contributed by atoms with Gasteiger partial charge in [0.2, 0.25) is 5.89 Å². The molecular formula is C11H12ClN3OS. The van der Waals surface area contributed by atoms with Gasteiger partial charge in [-0.05, 0) is 18.2 Å². The monoisotopic (exact) mass is 269 g/mol. The lowest BCUT2D eigenvalue weighted by Crippen LogP contribution is -1.87. The number of nitrogens with zero attached hydrogens (tertiary/aromatic N) is 2. The Bertz CT molecular complexity index is 515. The zero-order valence-electron chi connectivity index (χ0n) is 9.31. The van der Waals surface area contributed by atoms with E-state index < -0.39 is 0 Å². The lowest BCUT2D eigenvalue weighted by molar-refractivity contribution is 0.378. The summed E-state index contributed by atoms with van der Waals surface area (Å²) in [6, 6.07) is 5.55. The van der Waals surface area contributed by atoms with Crippen LogP contribution in [0.1, 0.15) is 18.6 Å².